The number of carboxylic acids is 1. The molecule has 0 aromatic carbocycles. The van der Waals surface area contributed by atoms with Gasteiger partial charge >= 0.3 is 12.1 Å². The van der Waals surface area contributed by atoms with Crippen LogP contribution in [0.1, 0.15) is 27.2 Å². The summed E-state index contributed by atoms with van der Waals surface area (Å²) >= 11 is 0. The zero-order valence-electron chi connectivity index (χ0n) is 13.1. The van der Waals surface area contributed by atoms with Crippen LogP contribution in [0.3, 0.4) is 0 Å². The summed E-state index contributed by atoms with van der Waals surface area (Å²) in [7, 11) is 0. The minimum Gasteiger partial charge on any atom is -0.478 e. The van der Waals surface area contributed by atoms with E-state index in [9.17, 15) is 9.59 Å². The highest BCUT2D eigenvalue weighted by Gasteiger charge is 2.25. The molecule has 1 amide bonds. The molecule has 0 saturated heterocycles. The number of nitrogens with zero attached hydrogens (tertiary/aromatic N) is 1. The van der Waals surface area contributed by atoms with Crippen LogP contribution in [-0.2, 0) is 9.53 Å². The molecule has 120 valence electrons. The van der Waals surface area contributed by atoms with Gasteiger partial charge in [-0.3, -0.25) is 4.90 Å². The van der Waals surface area contributed by atoms with Gasteiger partial charge in [0.25, 0.3) is 0 Å². The van der Waals surface area contributed by atoms with Crippen molar-refractivity contribution in [1.82, 2.24) is 10.2 Å². The Kier molecular flexibility index (Phi) is 4.59. The molecule has 6 heteroatoms. The molecule has 0 aromatic heterocycles. The van der Waals surface area contributed by atoms with Crippen molar-refractivity contribution >= 4 is 12.1 Å². The monoisotopic (exact) mass is 306 g/mol. The van der Waals surface area contributed by atoms with E-state index in [0.717, 1.165) is 5.57 Å². The Bertz CT molecular complexity index is 555. The summed E-state index contributed by atoms with van der Waals surface area (Å²) in [5.41, 5.74) is 0.892. The first-order valence-corrected chi connectivity index (χ1v) is 7.30. The normalized spacial score (nSPS) is 21.6. The van der Waals surface area contributed by atoms with Crippen LogP contribution in [0.25, 0.3) is 0 Å². The van der Waals surface area contributed by atoms with E-state index < -0.39 is 11.6 Å². The minimum atomic E-state index is -0.895. The molecule has 0 fully saturated rings. The lowest BCUT2D eigenvalue weighted by atomic mass is 9.88. The third-order valence-electron chi connectivity index (χ3n) is 3.45. The van der Waals surface area contributed by atoms with Crippen LogP contribution in [0, 0.1) is 5.92 Å². The molecule has 0 aromatic rings. The molecule has 0 bridgehead atoms. The van der Waals surface area contributed by atoms with Gasteiger partial charge in [0.1, 0.15) is 5.60 Å². The fourth-order valence-corrected chi connectivity index (χ4v) is 2.37. The molecular formula is C16H22N2O4. The van der Waals surface area contributed by atoms with Crippen LogP contribution in [-0.4, -0.2) is 40.8 Å². The van der Waals surface area contributed by atoms with Crippen molar-refractivity contribution in [3.63, 3.8) is 0 Å². The second-order valence-electron chi connectivity index (χ2n) is 6.44. The third-order valence-corrected chi connectivity index (χ3v) is 3.45. The number of amides is 1. The summed E-state index contributed by atoms with van der Waals surface area (Å²) in [6, 6.07) is 0. The molecule has 1 atom stereocenters. The van der Waals surface area contributed by atoms with Crippen LogP contribution < -0.4 is 5.32 Å². The zero-order valence-corrected chi connectivity index (χ0v) is 13.1. The summed E-state index contributed by atoms with van der Waals surface area (Å²) in [6.45, 7) is 6.61. The molecule has 0 spiro atoms. The van der Waals surface area contributed by atoms with E-state index in [1.807, 2.05) is 32.9 Å². The lowest BCUT2D eigenvalue weighted by Gasteiger charge is -2.29. The van der Waals surface area contributed by atoms with E-state index in [0.29, 0.717) is 25.1 Å². The average Bonchev–Trinajstić information content (AvgIpc) is 2.46. The maximum Gasteiger partial charge on any atom is 0.414 e. The first-order valence-electron chi connectivity index (χ1n) is 7.30. The molecule has 2 aliphatic rings. The summed E-state index contributed by atoms with van der Waals surface area (Å²) < 4.78 is 5.31. The number of carbonyl (C=O) groups is 2. The van der Waals surface area contributed by atoms with E-state index in [1.54, 1.807) is 12.4 Å². The number of hydrogen-bond donors (Lipinski definition) is 2. The molecule has 2 rings (SSSR count). The van der Waals surface area contributed by atoms with Crippen LogP contribution >= 0.6 is 0 Å². The number of aliphatic carboxylic acids is 1. The molecule has 2 heterocycles. The first kappa shape index (κ1) is 16.1. The fraction of sp³-hybridized carbons (Fsp3) is 0.500. The smallest absolute Gasteiger partial charge is 0.414 e. The summed E-state index contributed by atoms with van der Waals surface area (Å²) in [6.07, 6.45) is 7.16. The van der Waals surface area contributed by atoms with Gasteiger partial charge in [0.2, 0.25) is 0 Å². The lowest BCUT2D eigenvalue weighted by molar-refractivity contribution is -0.133. The molecule has 0 saturated carbocycles. The Morgan fingerprint density at radius 3 is 2.68 bits per heavy atom. The van der Waals surface area contributed by atoms with Gasteiger partial charge in [0, 0.05) is 31.4 Å². The van der Waals surface area contributed by atoms with Crippen molar-refractivity contribution in [3.05, 3.63) is 35.7 Å². The topological polar surface area (TPSA) is 78.9 Å². The van der Waals surface area contributed by atoms with Gasteiger partial charge in [-0.2, -0.15) is 0 Å². The highest BCUT2D eigenvalue weighted by molar-refractivity contribution is 5.86. The second-order valence-corrected chi connectivity index (χ2v) is 6.44. The van der Waals surface area contributed by atoms with Crippen LogP contribution in [0.2, 0.25) is 0 Å². The largest absolute Gasteiger partial charge is 0.478 e. The Hall–Kier alpha value is -2.24. The maximum absolute atomic E-state index is 12.0. The van der Waals surface area contributed by atoms with Crippen LogP contribution in [0.4, 0.5) is 4.79 Å². The van der Waals surface area contributed by atoms with Crippen molar-refractivity contribution in [3.8, 4) is 0 Å². The minimum absolute atomic E-state index is 0.105. The molecule has 1 unspecified atom stereocenters. The maximum atomic E-state index is 12.0. The molecule has 0 aliphatic carbocycles. The van der Waals surface area contributed by atoms with Gasteiger partial charge in [-0.25, -0.2) is 9.59 Å². The van der Waals surface area contributed by atoms with E-state index in [2.05, 4.69) is 5.32 Å². The lowest BCUT2D eigenvalue weighted by Crippen LogP contribution is -2.35. The SMILES string of the molecule is CC(C)(C)OC(=O)N1C=CC(C2CNC=C(C(=O)O)C2)=CC1. The van der Waals surface area contributed by atoms with Gasteiger partial charge in [-0.1, -0.05) is 6.08 Å². The predicted molar refractivity (Wildman–Crippen MR) is 82.0 cm³/mol. The van der Waals surface area contributed by atoms with Gasteiger partial charge in [0.15, 0.2) is 0 Å². The quantitative estimate of drug-likeness (QED) is 0.818. The Morgan fingerprint density at radius 1 is 1.41 bits per heavy atom. The first-order chi connectivity index (χ1) is 10.3. The summed E-state index contributed by atoms with van der Waals surface area (Å²) in [4.78, 5) is 24.5. The number of carbonyl (C=O) groups excluding carboxylic acids is 1. The van der Waals surface area contributed by atoms with Gasteiger partial charge in [0.05, 0.1) is 5.57 Å². The third kappa shape index (κ3) is 4.13. The number of ether oxygens (including phenoxy) is 1. The number of hydrogen-bond acceptors (Lipinski definition) is 4. The molecular weight excluding hydrogens is 284 g/mol. The standard InChI is InChI=1S/C16H22N2O4/c1-16(2,3)22-15(21)18-6-4-11(5-7-18)12-8-13(14(19)20)10-17-9-12/h4-6,10,12,17H,7-9H2,1-3H3,(H,19,20). The Labute approximate surface area is 130 Å². The fourth-order valence-electron chi connectivity index (χ4n) is 2.37. The molecule has 2 N–H and O–H groups in total. The van der Waals surface area contributed by atoms with E-state index in [1.165, 1.54) is 4.90 Å². The summed E-state index contributed by atoms with van der Waals surface area (Å²) in [5.74, 6) is -0.791. The number of rotatable bonds is 2. The Balaban J connectivity index is 1.95. The highest BCUT2D eigenvalue weighted by Crippen LogP contribution is 2.26. The van der Waals surface area contributed by atoms with Crippen molar-refractivity contribution < 1.29 is 19.4 Å². The summed E-state index contributed by atoms with van der Waals surface area (Å²) in [5, 5.41) is 12.1. The van der Waals surface area contributed by atoms with Crippen LogP contribution in [0.5, 0.6) is 0 Å². The number of allylic oxidation sites excluding steroid dienone is 1. The predicted octanol–water partition coefficient (Wildman–Crippen LogP) is 2.26. The molecule has 2 aliphatic heterocycles. The number of carboxylic acid groups (broad SMARTS) is 1. The van der Waals surface area contributed by atoms with Crippen LogP contribution in [0.15, 0.2) is 35.7 Å². The Morgan fingerprint density at radius 2 is 2.14 bits per heavy atom. The van der Waals surface area contributed by atoms with Crippen molar-refractivity contribution in [2.24, 2.45) is 5.92 Å². The van der Waals surface area contributed by atoms with Crippen molar-refractivity contribution in [1.29, 1.82) is 0 Å². The van der Waals surface area contributed by atoms with Crippen molar-refractivity contribution in [2.75, 3.05) is 13.1 Å². The highest BCUT2D eigenvalue weighted by atomic mass is 16.6. The van der Waals surface area contributed by atoms with E-state index >= 15 is 0 Å². The zero-order chi connectivity index (χ0) is 16.3. The molecule has 22 heavy (non-hydrogen) atoms. The van der Waals surface area contributed by atoms with Gasteiger partial charge in [-0.05, 0) is 38.8 Å². The molecule has 6 nitrogen and oxygen atoms in total. The van der Waals surface area contributed by atoms with E-state index in [4.69, 9.17) is 9.84 Å². The van der Waals surface area contributed by atoms with Crippen molar-refractivity contribution in [2.45, 2.75) is 32.8 Å². The second kappa shape index (κ2) is 6.25. The van der Waals surface area contributed by atoms with E-state index in [-0.39, 0.29) is 12.0 Å². The van der Waals surface area contributed by atoms with Gasteiger partial charge < -0.3 is 15.2 Å². The molecule has 0 radical (unpaired) electrons. The average molecular weight is 306 g/mol. The van der Waals surface area contributed by atoms with Gasteiger partial charge in [-0.15, -0.1) is 0 Å². The number of nitrogens with one attached hydrogen (secondary N) is 1.